The van der Waals surface area contributed by atoms with E-state index in [1.807, 2.05) is 13.0 Å². The maximum absolute atomic E-state index is 12.2. The molecule has 7 nitrogen and oxygen atoms in total. The van der Waals surface area contributed by atoms with Gasteiger partial charge in [-0.3, -0.25) is 0 Å². The van der Waals surface area contributed by atoms with Gasteiger partial charge in [0, 0.05) is 11.1 Å². The largest absolute Gasteiger partial charge is 0.492 e. The van der Waals surface area contributed by atoms with E-state index in [4.69, 9.17) is 23.7 Å². The number of nitrogens with zero attached hydrogens (tertiary/aromatic N) is 1. The van der Waals surface area contributed by atoms with E-state index in [0.29, 0.717) is 35.0 Å². The second-order valence-corrected chi connectivity index (χ2v) is 5.90. The Labute approximate surface area is 153 Å². The number of hydrogen-bond acceptors (Lipinski definition) is 7. The number of carbonyl (C=O) groups excluding carboxylic acids is 1. The highest BCUT2D eigenvalue weighted by Crippen LogP contribution is 2.53. The molecule has 1 aliphatic heterocycles. The van der Waals surface area contributed by atoms with E-state index < -0.39 is 5.97 Å². The third-order valence-corrected chi connectivity index (χ3v) is 3.75. The van der Waals surface area contributed by atoms with Crippen molar-refractivity contribution in [1.82, 2.24) is 0 Å². The number of methoxy groups -OCH3 is 2. The summed E-state index contributed by atoms with van der Waals surface area (Å²) in [6.07, 6.45) is 2.58. The molecule has 140 valence electrons. The third kappa shape index (κ3) is 3.69. The van der Waals surface area contributed by atoms with E-state index in [1.54, 1.807) is 13.8 Å². The van der Waals surface area contributed by atoms with Crippen LogP contribution in [0.3, 0.4) is 0 Å². The van der Waals surface area contributed by atoms with Crippen LogP contribution in [-0.2, 0) is 16.0 Å². The Morgan fingerprint density at radius 2 is 1.85 bits per heavy atom. The molecular formula is C19H23NO6. The third-order valence-electron chi connectivity index (χ3n) is 3.75. The number of ether oxygens (including phenoxy) is 5. The number of hydrogen-bond donors (Lipinski definition) is 0. The Morgan fingerprint density at radius 3 is 2.35 bits per heavy atom. The van der Waals surface area contributed by atoms with Gasteiger partial charge in [0.15, 0.2) is 11.5 Å². The lowest BCUT2D eigenvalue weighted by molar-refractivity contribution is -0.142. The number of rotatable bonds is 7. The predicted octanol–water partition coefficient (Wildman–Crippen LogP) is 3.24. The summed E-state index contributed by atoms with van der Waals surface area (Å²) in [5.41, 5.74) is 1.20. The fraction of sp³-hybridized carbons (Fsp3) is 0.474. The van der Waals surface area contributed by atoms with Crippen molar-refractivity contribution in [2.45, 2.75) is 39.7 Å². The van der Waals surface area contributed by atoms with E-state index in [0.717, 1.165) is 12.0 Å². The smallest absolute Gasteiger partial charge is 0.349 e. The normalized spacial score (nSPS) is 12.7. The molecule has 0 aliphatic carbocycles. The SMILES string of the molecule is CCCc1c(C=C(C#N)C(=O)OC(C)C)c(OC)c2c(c1OC)OCO2. The molecule has 0 N–H and O–H groups in total. The molecule has 7 heteroatoms. The lowest BCUT2D eigenvalue weighted by Gasteiger charge is -2.18. The van der Waals surface area contributed by atoms with Crippen molar-refractivity contribution >= 4 is 12.0 Å². The van der Waals surface area contributed by atoms with Crippen LogP contribution < -0.4 is 18.9 Å². The van der Waals surface area contributed by atoms with Crippen molar-refractivity contribution in [1.29, 1.82) is 5.26 Å². The number of carbonyl (C=O) groups is 1. The Balaban J connectivity index is 2.71. The highest BCUT2D eigenvalue weighted by Gasteiger charge is 2.31. The first-order valence-corrected chi connectivity index (χ1v) is 8.37. The van der Waals surface area contributed by atoms with Crippen molar-refractivity contribution in [2.75, 3.05) is 21.0 Å². The van der Waals surface area contributed by atoms with Gasteiger partial charge < -0.3 is 23.7 Å². The summed E-state index contributed by atoms with van der Waals surface area (Å²) < 4.78 is 27.2. The van der Waals surface area contributed by atoms with E-state index in [-0.39, 0.29) is 18.5 Å². The zero-order chi connectivity index (χ0) is 19.3. The van der Waals surface area contributed by atoms with Gasteiger partial charge in [0.2, 0.25) is 18.3 Å². The van der Waals surface area contributed by atoms with Crippen LogP contribution in [-0.4, -0.2) is 33.1 Å². The van der Waals surface area contributed by atoms with Crippen molar-refractivity contribution < 1.29 is 28.5 Å². The second kappa shape index (κ2) is 8.48. The molecule has 0 saturated carbocycles. The van der Waals surface area contributed by atoms with Crippen LogP contribution in [0, 0.1) is 11.3 Å². The maximum Gasteiger partial charge on any atom is 0.349 e. The predicted molar refractivity (Wildman–Crippen MR) is 94.5 cm³/mol. The Morgan fingerprint density at radius 1 is 1.23 bits per heavy atom. The molecule has 0 saturated heterocycles. The summed E-state index contributed by atoms with van der Waals surface area (Å²) in [4.78, 5) is 12.2. The van der Waals surface area contributed by atoms with Crippen LogP contribution in [0.1, 0.15) is 38.3 Å². The summed E-state index contributed by atoms with van der Waals surface area (Å²) in [5, 5.41) is 9.43. The Kier molecular flexibility index (Phi) is 6.34. The van der Waals surface area contributed by atoms with Crippen molar-refractivity contribution in [3.63, 3.8) is 0 Å². The highest BCUT2D eigenvalue weighted by atomic mass is 16.7. The Hall–Kier alpha value is -2.88. The number of benzene rings is 1. The van der Waals surface area contributed by atoms with Crippen LogP contribution >= 0.6 is 0 Å². The van der Waals surface area contributed by atoms with Crippen molar-refractivity contribution in [2.24, 2.45) is 0 Å². The monoisotopic (exact) mass is 361 g/mol. The molecule has 0 fully saturated rings. The lowest BCUT2D eigenvalue weighted by Crippen LogP contribution is -2.13. The van der Waals surface area contributed by atoms with Gasteiger partial charge in [0.05, 0.1) is 20.3 Å². The molecule has 0 amide bonds. The molecular weight excluding hydrogens is 338 g/mol. The van der Waals surface area contributed by atoms with Crippen LogP contribution in [0.15, 0.2) is 5.57 Å². The zero-order valence-corrected chi connectivity index (χ0v) is 15.7. The van der Waals surface area contributed by atoms with Gasteiger partial charge in [-0.2, -0.15) is 5.26 Å². The van der Waals surface area contributed by atoms with E-state index in [9.17, 15) is 10.1 Å². The first-order chi connectivity index (χ1) is 12.5. The van der Waals surface area contributed by atoms with Crippen molar-refractivity contribution in [3.05, 3.63) is 16.7 Å². The molecule has 1 aromatic carbocycles. The topological polar surface area (TPSA) is 87.0 Å². The minimum absolute atomic E-state index is 0.0429. The molecule has 0 unspecified atom stereocenters. The molecule has 26 heavy (non-hydrogen) atoms. The average molecular weight is 361 g/mol. The summed E-state index contributed by atoms with van der Waals surface area (Å²) in [6, 6.07) is 1.90. The van der Waals surface area contributed by atoms with Gasteiger partial charge in [-0.1, -0.05) is 13.3 Å². The van der Waals surface area contributed by atoms with E-state index in [1.165, 1.54) is 20.3 Å². The van der Waals surface area contributed by atoms with Crippen molar-refractivity contribution in [3.8, 4) is 29.1 Å². The summed E-state index contributed by atoms with van der Waals surface area (Å²) in [5.74, 6) is 1.08. The zero-order valence-electron chi connectivity index (χ0n) is 15.7. The molecule has 2 rings (SSSR count). The molecule has 0 radical (unpaired) electrons. The molecule has 0 atom stereocenters. The quantitative estimate of drug-likeness (QED) is 0.418. The summed E-state index contributed by atoms with van der Waals surface area (Å²) >= 11 is 0. The Bertz CT molecular complexity index is 761. The number of esters is 1. The van der Waals surface area contributed by atoms with E-state index >= 15 is 0 Å². The molecule has 0 spiro atoms. The first kappa shape index (κ1) is 19.4. The second-order valence-electron chi connectivity index (χ2n) is 5.90. The van der Waals surface area contributed by atoms with Crippen LogP contribution in [0.4, 0.5) is 0 Å². The molecule has 0 aromatic heterocycles. The fourth-order valence-corrected chi connectivity index (χ4v) is 2.76. The van der Waals surface area contributed by atoms with Gasteiger partial charge in [-0.15, -0.1) is 0 Å². The summed E-state index contributed by atoms with van der Waals surface area (Å²) in [6.45, 7) is 5.50. The van der Waals surface area contributed by atoms with Gasteiger partial charge in [0.1, 0.15) is 11.6 Å². The molecule has 1 heterocycles. The van der Waals surface area contributed by atoms with E-state index in [2.05, 4.69) is 0 Å². The van der Waals surface area contributed by atoms with Gasteiger partial charge in [-0.25, -0.2) is 4.79 Å². The standard InChI is InChI=1S/C19H23NO6/c1-6-7-13-14(8-12(9-20)19(21)26-11(2)3)16(23-5)18-17(15(13)22-4)24-10-25-18/h8,11H,6-7,10H2,1-5H3. The average Bonchev–Trinajstić information content (AvgIpc) is 3.08. The maximum atomic E-state index is 12.2. The van der Waals surface area contributed by atoms with Gasteiger partial charge in [0.25, 0.3) is 0 Å². The van der Waals surface area contributed by atoms with Crippen LogP contribution in [0.5, 0.6) is 23.0 Å². The van der Waals surface area contributed by atoms with Gasteiger partial charge >= 0.3 is 5.97 Å². The van der Waals surface area contributed by atoms with Gasteiger partial charge in [-0.05, 0) is 26.3 Å². The molecule has 1 aromatic rings. The molecule has 1 aliphatic rings. The minimum atomic E-state index is -0.691. The highest BCUT2D eigenvalue weighted by molar-refractivity contribution is 5.99. The summed E-state index contributed by atoms with van der Waals surface area (Å²) in [7, 11) is 3.03. The number of nitriles is 1. The molecule has 0 bridgehead atoms. The van der Waals surface area contributed by atoms with Crippen LogP contribution in [0.2, 0.25) is 0 Å². The fourth-order valence-electron chi connectivity index (χ4n) is 2.76. The lowest BCUT2D eigenvalue weighted by atomic mass is 9.97. The van der Waals surface area contributed by atoms with Crippen LogP contribution in [0.25, 0.3) is 6.08 Å². The number of fused-ring (bicyclic) bond motifs is 1. The minimum Gasteiger partial charge on any atom is -0.492 e. The first-order valence-electron chi connectivity index (χ1n) is 8.37.